The molecule has 4 aromatic rings. The molecular weight excluding hydrogens is 545 g/mol. The number of fused-ring (bicyclic) bond motifs is 1. The van der Waals surface area contributed by atoms with Crippen LogP contribution in [-0.2, 0) is 0 Å². The number of aromatic nitrogens is 3. The second kappa shape index (κ2) is 10.7. The number of benzene rings is 2. The largest absolute Gasteiger partial charge is 0.505 e. The first-order valence-corrected chi connectivity index (χ1v) is 13.3. The van der Waals surface area contributed by atoms with Crippen molar-refractivity contribution in [3.05, 3.63) is 64.5 Å². The van der Waals surface area contributed by atoms with E-state index < -0.39 is 0 Å². The molecule has 4 N–H and O–H groups in total. The van der Waals surface area contributed by atoms with Crippen LogP contribution in [0, 0.1) is 5.92 Å². The summed E-state index contributed by atoms with van der Waals surface area (Å²) in [7, 11) is 0. The van der Waals surface area contributed by atoms with Gasteiger partial charge in [0.15, 0.2) is 11.5 Å². The van der Waals surface area contributed by atoms with Crippen LogP contribution in [0.4, 0.5) is 11.4 Å². The van der Waals surface area contributed by atoms with Gasteiger partial charge in [-0.15, -0.1) is 12.4 Å². The Balaban J connectivity index is 0.00000294. The third kappa shape index (κ3) is 5.21. The zero-order valence-electron chi connectivity index (χ0n) is 20.5. The fourth-order valence-electron chi connectivity index (χ4n) is 5.10. The van der Waals surface area contributed by atoms with E-state index in [4.69, 9.17) is 28.9 Å². The number of carbonyl (C=O) groups excluding carboxylic acids is 1. The molecule has 2 aliphatic carbocycles. The van der Waals surface area contributed by atoms with E-state index >= 15 is 0 Å². The fraction of sp³-hybridized carbons (Fsp3) is 0.321. The molecule has 2 saturated carbocycles. The highest BCUT2D eigenvalue weighted by Crippen LogP contribution is 2.40. The minimum atomic E-state index is -0.147. The van der Waals surface area contributed by atoms with Crippen molar-refractivity contribution in [1.82, 2.24) is 14.8 Å². The lowest BCUT2D eigenvalue weighted by Crippen LogP contribution is -2.27. The van der Waals surface area contributed by atoms with E-state index in [1.807, 2.05) is 29.1 Å². The van der Waals surface area contributed by atoms with Crippen LogP contribution in [0.1, 0.15) is 54.9 Å². The monoisotopic (exact) mass is 571 g/mol. The van der Waals surface area contributed by atoms with E-state index in [1.165, 1.54) is 0 Å². The van der Waals surface area contributed by atoms with Gasteiger partial charge < -0.3 is 16.2 Å². The van der Waals surface area contributed by atoms with Crippen LogP contribution >= 0.6 is 35.6 Å². The van der Waals surface area contributed by atoms with Crippen molar-refractivity contribution in [1.29, 1.82) is 0 Å². The molecule has 0 unspecified atom stereocenters. The number of Topliss-reactive ketones (excluding diaryl/α,β-unsaturated/α-hetero) is 1. The first-order valence-electron chi connectivity index (χ1n) is 12.6. The van der Waals surface area contributed by atoms with Gasteiger partial charge in [0.25, 0.3) is 0 Å². The highest BCUT2D eigenvalue weighted by Gasteiger charge is 2.33. The van der Waals surface area contributed by atoms with Crippen LogP contribution in [-0.4, -0.2) is 31.7 Å². The first-order chi connectivity index (χ1) is 17.9. The number of phenols is 1. The normalized spacial score (nSPS) is 19.2. The number of carbonyl (C=O) groups is 1. The molecule has 0 aliphatic heterocycles. The highest BCUT2D eigenvalue weighted by molar-refractivity contribution is 6.37. The maximum Gasteiger partial charge on any atom is 0.169 e. The van der Waals surface area contributed by atoms with Gasteiger partial charge in [0.05, 0.1) is 44.7 Å². The van der Waals surface area contributed by atoms with Crippen LogP contribution in [0.5, 0.6) is 5.75 Å². The molecule has 2 aliphatic rings. The zero-order chi connectivity index (χ0) is 25.7. The summed E-state index contributed by atoms with van der Waals surface area (Å²) in [4.78, 5) is 17.9. The van der Waals surface area contributed by atoms with Gasteiger partial charge in [-0.25, -0.2) is 0 Å². The minimum Gasteiger partial charge on any atom is -0.505 e. The second-order valence-electron chi connectivity index (χ2n) is 10.1. The number of rotatable bonds is 6. The van der Waals surface area contributed by atoms with Gasteiger partial charge in [-0.3, -0.25) is 14.5 Å². The average molecular weight is 573 g/mol. The Morgan fingerprint density at radius 1 is 1.00 bits per heavy atom. The third-order valence-corrected chi connectivity index (χ3v) is 7.99. The predicted octanol–water partition coefficient (Wildman–Crippen LogP) is 7.31. The number of pyridine rings is 1. The number of hydrogen-bond donors (Lipinski definition) is 3. The molecule has 0 radical (unpaired) electrons. The molecule has 198 valence electrons. The number of ketones is 1. The van der Waals surface area contributed by atoms with Crippen LogP contribution in [0.25, 0.3) is 22.0 Å². The number of nitrogens with zero attached hydrogens (tertiary/aromatic N) is 3. The van der Waals surface area contributed by atoms with E-state index in [1.54, 1.807) is 24.5 Å². The summed E-state index contributed by atoms with van der Waals surface area (Å²) in [6.45, 7) is 0. The van der Waals surface area contributed by atoms with Crippen LogP contribution in [0.2, 0.25) is 10.0 Å². The predicted molar refractivity (Wildman–Crippen MR) is 154 cm³/mol. The smallest absolute Gasteiger partial charge is 0.169 e. The van der Waals surface area contributed by atoms with Gasteiger partial charge in [-0.05, 0) is 73.9 Å². The van der Waals surface area contributed by atoms with Gasteiger partial charge in [0.2, 0.25) is 0 Å². The van der Waals surface area contributed by atoms with Gasteiger partial charge in [-0.1, -0.05) is 29.3 Å². The van der Waals surface area contributed by atoms with E-state index in [0.29, 0.717) is 17.3 Å². The Morgan fingerprint density at radius 3 is 2.39 bits per heavy atom. The number of nitrogens with one attached hydrogen (secondary N) is 1. The van der Waals surface area contributed by atoms with Crippen molar-refractivity contribution in [2.24, 2.45) is 11.7 Å². The SMILES string of the molecule is Cl.N[C@H]1CC[C@H](n2cc(Nc3c(C(=O)C4CC4)cnc4ccc(-c5cc(Cl)c(O)c(Cl)c5)cc34)cn2)CC1. The van der Waals surface area contributed by atoms with E-state index in [-0.39, 0.29) is 45.9 Å². The van der Waals surface area contributed by atoms with Crippen molar-refractivity contribution in [3.63, 3.8) is 0 Å². The summed E-state index contributed by atoms with van der Waals surface area (Å²) in [5.41, 5.74) is 10.5. The maximum absolute atomic E-state index is 13.3. The topological polar surface area (TPSA) is 106 Å². The Labute approximate surface area is 236 Å². The van der Waals surface area contributed by atoms with E-state index in [0.717, 1.165) is 66.2 Å². The van der Waals surface area contributed by atoms with Crippen molar-refractivity contribution >= 4 is 63.7 Å². The molecule has 2 fully saturated rings. The van der Waals surface area contributed by atoms with Crippen molar-refractivity contribution < 1.29 is 9.90 Å². The molecular formula is C28H28Cl3N5O2. The van der Waals surface area contributed by atoms with Crippen molar-refractivity contribution in [3.8, 4) is 16.9 Å². The average Bonchev–Trinajstić information content (AvgIpc) is 3.65. The minimum absolute atomic E-state index is 0. The third-order valence-electron chi connectivity index (χ3n) is 7.42. The number of nitrogens with two attached hydrogens (primary N) is 1. The molecule has 0 atom stereocenters. The Morgan fingerprint density at radius 2 is 1.71 bits per heavy atom. The molecule has 0 saturated heterocycles. The molecule has 0 amide bonds. The van der Waals surface area contributed by atoms with Crippen LogP contribution in [0.15, 0.2) is 48.9 Å². The highest BCUT2D eigenvalue weighted by atomic mass is 35.5. The lowest BCUT2D eigenvalue weighted by Gasteiger charge is -2.26. The quantitative estimate of drug-likeness (QED) is 0.209. The first kappa shape index (κ1) is 26.8. The van der Waals surface area contributed by atoms with Gasteiger partial charge in [-0.2, -0.15) is 5.10 Å². The van der Waals surface area contributed by atoms with E-state index in [9.17, 15) is 9.90 Å². The van der Waals surface area contributed by atoms with Gasteiger partial charge in [0.1, 0.15) is 0 Å². The van der Waals surface area contributed by atoms with Gasteiger partial charge >= 0.3 is 0 Å². The Bertz CT molecular complexity index is 1490. The molecule has 0 bridgehead atoms. The summed E-state index contributed by atoms with van der Waals surface area (Å²) >= 11 is 12.4. The Kier molecular flexibility index (Phi) is 7.56. The molecule has 7 nitrogen and oxygen atoms in total. The molecule has 2 heterocycles. The number of halogens is 3. The number of hydrogen-bond acceptors (Lipinski definition) is 6. The lowest BCUT2D eigenvalue weighted by molar-refractivity contribution is 0.0968. The molecule has 0 spiro atoms. The number of phenolic OH excluding ortho intramolecular Hbond substituents is 1. The maximum atomic E-state index is 13.3. The van der Waals surface area contributed by atoms with Crippen molar-refractivity contribution in [2.75, 3.05) is 5.32 Å². The Hall–Kier alpha value is -2.84. The standard InChI is InChI=1S/C28H27Cl2N5O2.ClH/c29-23-10-17(11-24(30)28(23)37)16-3-8-25-21(9-16)26(22(13-32-25)27(36)15-1-2-15)34-19-12-33-35(14-19)20-6-4-18(31)5-7-20;/h3,8-15,18,20,37H,1-2,4-7,31H2,(H,32,34);1H/t18-,20-;. The van der Waals surface area contributed by atoms with Gasteiger partial charge in [0, 0.05) is 29.7 Å². The zero-order valence-corrected chi connectivity index (χ0v) is 22.9. The summed E-state index contributed by atoms with van der Waals surface area (Å²) < 4.78 is 2.01. The molecule has 38 heavy (non-hydrogen) atoms. The van der Waals surface area contributed by atoms with Crippen LogP contribution in [0.3, 0.4) is 0 Å². The van der Waals surface area contributed by atoms with Crippen LogP contribution < -0.4 is 11.1 Å². The number of anilines is 2. The summed E-state index contributed by atoms with van der Waals surface area (Å²) in [6, 6.07) is 9.74. The molecule has 2 aromatic heterocycles. The molecule has 10 heteroatoms. The van der Waals surface area contributed by atoms with E-state index in [2.05, 4.69) is 15.4 Å². The summed E-state index contributed by atoms with van der Waals surface area (Å²) in [5.74, 6) is 0.00437. The summed E-state index contributed by atoms with van der Waals surface area (Å²) in [5, 5.41) is 19.3. The fourth-order valence-corrected chi connectivity index (χ4v) is 5.59. The van der Waals surface area contributed by atoms with Crippen molar-refractivity contribution in [2.45, 2.75) is 50.6 Å². The second-order valence-corrected chi connectivity index (χ2v) is 10.9. The summed E-state index contributed by atoms with van der Waals surface area (Å²) in [6.07, 6.45) is 11.3. The lowest BCUT2D eigenvalue weighted by atomic mass is 9.92. The molecule has 2 aromatic carbocycles. The number of aromatic hydroxyl groups is 1. The molecule has 6 rings (SSSR count).